The van der Waals surface area contributed by atoms with Crippen LogP contribution in [0.5, 0.6) is 0 Å². The fraction of sp³-hybridized carbons (Fsp3) is 0.208. The minimum Gasteiger partial charge on any atom is -0.475 e. The SMILES string of the molecule is CC(=O)OCC(=O)Nc1cccc(-c2cc(-c3cc4c([nH]3)CCNC4=O)ccn2)c1.O=C(O)C(F)(F)F. The van der Waals surface area contributed by atoms with E-state index >= 15 is 0 Å². The number of esters is 1. The Morgan fingerprint density at radius 2 is 1.86 bits per heavy atom. The summed E-state index contributed by atoms with van der Waals surface area (Å²) in [7, 11) is 0. The summed E-state index contributed by atoms with van der Waals surface area (Å²) in [5.74, 6) is -3.75. The smallest absolute Gasteiger partial charge is 0.475 e. The first kappa shape index (κ1) is 26.9. The second kappa shape index (κ2) is 11.4. The highest BCUT2D eigenvalue weighted by Crippen LogP contribution is 2.28. The standard InChI is InChI=1S/C22H20N4O4.C2HF3O2/c1-13(27)30-12-21(28)25-16-4-2-3-14(9-16)19-10-15(5-7-23-19)20-11-17-18(26-20)6-8-24-22(17)29;3-2(4,5)1(6)7/h2-5,7,9-11,26H,6,8,12H2,1H3,(H,24,29)(H,25,28);(H,6,7). The minimum atomic E-state index is -5.08. The van der Waals surface area contributed by atoms with Gasteiger partial charge in [0.25, 0.3) is 11.8 Å². The van der Waals surface area contributed by atoms with E-state index in [1.54, 1.807) is 18.3 Å². The van der Waals surface area contributed by atoms with Crippen LogP contribution in [0.25, 0.3) is 22.5 Å². The lowest BCUT2D eigenvalue weighted by molar-refractivity contribution is -0.192. The molecule has 2 amide bonds. The van der Waals surface area contributed by atoms with E-state index in [2.05, 4.69) is 20.6 Å². The number of nitrogens with zero attached hydrogens (tertiary/aromatic N) is 1. The van der Waals surface area contributed by atoms with E-state index in [1.165, 1.54) is 6.92 Å². The van der Waals surface area contributed by atoms with Gasteiger partial charge < -0.3 is 25.5 Å². The number of aromatic amines is 1. The van der Waals surface area contributed by atoms with Crippen LogP contribution in [0.4, 0.5) is 18.9 Å². The summed E-state index contributed by atoms with van der Waals surface area (Å²) in [6.07, 6.45) is -2.61. The van der Waals surface area contributed by atoms with E-state index in [0.717, 1.165) is 34.6 Å². The van der Waals surface area contributed by atoms with Crippen LogP contribution >= 0.6 is 0 Å². The lowest BCUT2D eigenvalue weighted by atomic mass is 10.1. The number of anilines is 1. The number of rotatable bonds is 5. The number of H-pyrrole nitrogens is 1. The number of carbonyl (C=O) groups is 4. The summed E-state index contributed by atoms with van der Waals surface area (Å²) in [5.41, 5.74) is 5.48. The number of pyridine rings is 1. The molecular weight excluding hydrogens is 497 g/mol. The molecule has 4 N–H and O–H groups in total. The van der Waals surface area contributed by atoms with Crippen molar-refractivity contribution < 1.29 is 42.2 Å². The van der Waals surface area contributed by atoms with Gasteiger partial charge in [-0.05, 0) is 30.3 Å². The third-order valence-electron chi connectivity index (χ3n) is 4.97. The Bertz CT molecular complexity index is 1340. The zero-order valence-corrected chi connectivity index (χ0v) is 19.3. The number of fused-ring (bicyclic) bond motifs is 1. The summed E-state index contributed by atoms with van der Waals surface area (Å²) in [6.45, 7) is 1.54. The Labute approximate surface area is 207 Å². The minimum absolute atomic E-state index is 0.0646. The van der Waals surface area contributed by atoms with Gasteiger partial charge in [0.1, 0.15) is 0 Å². The monoisotopic (exact) mass is 518 g/mol. The predicted molar refractivity (Wildman–Crippen MR) is 124 cm³/mol. The van der Waals surface area contributed by atoms with Gasteiger partial charge in [-0.1, -0.05) is 12.1 Å². The van der Waals surface area contributed by atoms with Gasteiger partial charge >= 0.3 is 18.1 Å². The van der Waals surface area contributed by atoms with Crippen LogP contribution in [0.2, 0.25) is 0 Å². The number of hydrogen-bond acceptors (Lipinski definition) is 6. The average Bonchev–Trinajstić information content (AvgIpc) is 3.29. The van der Waals surface area contributed by atoms with Crippen LogP contribution < -0.4 is 10.6 Å². The number of benzene rings is 1. The fourth-order valence-corrected chi connectivity index (χ4v) is 3.33. The predicted octanol–water partition coefficient (Wildman–Crippen LogP) is 3.16. The Hall–Kier alpha value is -4.68. The van der Waals surface area contributed by atoms with E-state index in [0.29, 0.717) is 17.8 Å². The first-order valence-electron chi connectivity index (χ1n) is 10.7. The highest BCUT2D eigenvalue weighted by Gasteiger charge is 2.38. The average molecular weight is 518 g/mol. The molecule has 0 spiro atoms. The van der Waals surface area contributed by atoms with E-state index in [1.807, 2.05) is 30.3 Å². The van der Waals surface area contributed by atoms with Crippen LogP contribution in [0.1, 0.15) is 23.0 Å². The van der Waals surface area contributed by atoms with Crippen LogP contribution in [0.3, 0.4) is 0 Å². The molecule has 10 nitrogen and oxygen atoms in total. The van der Waals surface area contributed by atoms with Crippen LogP contribution in [-0.4, -0.2) is 58.2 Å². The second-order valence-electron chi connectivity index (χ2n) is 7.72. The van der Waals surface area contributed by atoms with Crippen molar-refractivity contribution >= 4 is 29.4 Å². The molecule has 1 aliphatic rings. The molecule has 3 heterocycles. The summed E-state index contributed by atoms with van der Waals surface area (Å²) in [4.78, 5) is 51.4. The molecule has 0 aliphatic carbocycles. The molecule has 1 aromatic carbocycles. The summed E-state index contributed by atoms with van der Waals surface area (Å²) in [6, 6.07) is 12.9. The number of alkyl halides is 3. The highest BCUT2D eigenvalue weighted by atomic mass is 19.4. The van der Waals surface area contributed by atoms with Gasteiger partial charge in [0.05, 0.1) is 11.3 Å². The Kier molecular flexibility index (Phi) is 8.27. The number of aliphatic carboxylic acids is 1. The van der Waals surface area contributed by atoms with E-state index in [-0.39, 0.29) is 12.5 Å². The molecule has 0 saturated heterocycles. The number of amides is 2. The molecule has 0 fully saturated rings. The third-order valence-corrected chi connectivity index (χ3v) is 4.97. The number of carbonyl (C=O) groups excluding carboxylic acids is 3. The molecule has 194 valence electrons. The molecular formula is C24H21F3N4O6. The summed E-state index contributed by atoms with van der Waals surface area (Å²) >= 11 is 0. The van der Waals surface area contributed by atoms with Crippen molar-refractivity contribution in [2.24, 2.45) is 0 Å². The number of carboxylic acids is 1. The van der Waals surface area contributed by atoms with Crippen molar-refractivity contribution in [2.45, 2.75) is 19.5 Å². The molecule has 0 atom stereocenters. The van der Waals surface area contributed by atoms with Crippen molar-refractivity contribution in [3.05, 3.63) is 59.9 Å². The number of aromatic nitrogens is 2. The van der Waals surface area contributed by atoms with Crippen molar-refractivity contribution in [2.75, 3.05) is 18.5 Å². The molecule has 0 unspecified atom stereocenters. The maximum atomic E-state index is 12.0. The van der Waals surface area contributed by atoms with E-state index in [4.69, 9.17) is 14.6 Å². The van der Waals surface area contributed by atoms with Crippen molar-refractivity contribution in [1.29, 1.82) is 0 Å². The van der Waals surface area contributed by atoms with Gasteiger partial charge in [0.2, 0.25) is 0 Å². The van der Waals surface area contributed by atoms with Crippen molar-refractivity contribution in [1.82, 2.24) is 15.3 Å². The first-order valence-corrected chi connectivity index (χ1v) is 10.7. The lowest BCUT2D eigenvalue weighted by Gasteiger charge is -2.11. The molecule has 13 heteroatoms. The molecule has 0 saturated carbocycles. The van der Waals surface area contributed by atoms with Gasteiger partial charge in [-0.3, -0.25) is 19.4 Å². The zero-order valence-electron chi connectivity index (χ0n) is 19.3. The molecule has 2 aromatic heterocycles. The molecule has 1 aliphatic heterocycles. The molecule has 0 bridgehead atoms. The third kappa shape index (κ3) is 7.40. The largest absolute Gasteiger partial charge is 0.490 e. The Morgan fingerprint density at radius 3 is 2.51 bits per heavy atom. The van der Waals surface area contributed by atoms with Gasteiger partial charge in [0, 0.05) is 54.3 Å². The number of hydrogen-bond donors (Lipinski definition) is 4. The quantitative estimate of drug-likeness (QED) is 0.379. The first-order chi connectivity index (χ1) is 17.4. The van der Waals surface area contributed by atoms with Crippen LogP contribution in [0.15, 0.2) is 48.7 Å². The fourth-order valence-electron chi connectivity index (χ4n) is 3.33. The van der Waals surface area contributed by atoms with E-state index < -0.39 is 24.0 Å². The molecule has 3 aromatic rings. The normalized spacial score (nSPS) is 12.4. The molecule has 4 rings (SSSR count). The van der Waals surface area contributed by atoms with E-state index in [9.17, 15) is 27.6 Å². The van der Waals surface area contributed by atoms with Crippen molar-refractivity contribution in [3.63, 3.8) is 0 Å². The Balaban J connectivity index is 0.000000479. The maximum absolute atomic E-state index is 12.0. The van der Waals surface area contributed by atoms with Gasteiger partial charge in [-0.25, -0.2) is 4.79 Å². The van der Waals surface area contributed by atoms with Gasteiger partial charge in [-0.2, -0.15) is 13.2 Å². The summed E-state index contributed by atoms with van der Waals surface area (Å²) < 4.78 is 36.4. The number of nitrogens with one attached hydrogen (secondary N) is 3. The second-order valence-corrected chi connectivity index (χ2v) is 7.72. The number of ether oxygens (including phenoxy) is 1. The number of carboxylic acid groups (broad SMARTS) is 1. The van der Waals surface area contributed by atoms with Crippen molar-refractivity contribution in [3.8, 4) is 22.5 Å². The Morgan fingerprint density at radius 1 is 1.14 bits per heavy atom. The maximum Gasteiger partial charge on any atom is 0.490 e. The van der Waals surface area contributed by atoms with Gasteiger partial charge in [-0.15, -0.1) is 0 Å². The zero-order chi connectivity index (χ0) is 27.2. The molecule has 37 heavy (non-hydrogen) atoms. The topological polar surface area (TPSA) is 150 Å². The summed E-state index contributed by atoms with van der Waals surface area (Å²) in [5, 5.41) is 12.7. The number of halogens is 3. The van der Waals surface area contributed by atoms with Gasteiger partial charge in [0.15, 0.2) is 6.61 Å². The molecule has 0 radical (unpaired) electrons. The lowest BCUT2D eigenvalue weighted by Crippen LogP contribution is -2.31. The highest BCUT2D eigenvalue weighted by molar-refractivity contribution is 5.98. The van der Waals surface area contributed by atoms with Crippen LogP contribution in [0, 0.1) is 0 Å². The van der Waals surface area contributed by atoms with Crippen LogP contribution in [-0.2, 0) is 25.5 Å².